The van der Waals surface area contributed by atoms with E-state index < -0.39 is 5.90 Å². The van der Waals surface area contributed by atoms with Crippen LogP contribution in [-0.4, -0.2) is 17.0 Å². The molecule has 0 radical (unpaired) electrons. The van der Waals surface area contributed by atoms with Gasteiger partial charge in [0, 0.05) is 20.8 Å². The summed E-state index contributed by atoms with van der Waals surface area (Å²) in [6.45, 7) is 6.37. The van der Waals surface area contributed by atoms with Gasteiger partial charge >= 0.3 is 11.6 Å². The number of nitrogens with zero attached hydrogens (tertiary/aromatic N) is 3. The number of rotatable bonds is 3. The summed E-state index contributed by atoms with van der Waals surface area (Å²) in [5.74, 6) is -0.682. The van der Waals surface area contributed by atoms with Gasteiger partial charge in [0.1, 0.15) is 0 Å². The topological polar surface area (TPSA) is 82.4 Å². The third kappa shape index (κ3) is 2.39. The molecular formula is C9H13N3O3. The van der Waals surface area contributed by atoms with Crippen LogP contribution in [0.3, 0.4) is 0 Å². The van der Waals surface area contributed by atoms with E-state index in [2.05, 4.69) is 10.3 Å². The van der Waals surface area contributed by atoms with Crippen molar-refractivity contribution in [2.75, 3.05) is 0 Å². The molecule has 1 aromatic heterocycles. The third-order valence-electron chi connectivity index (χ3n) is 1.73. The zero-order valence-corrected chi connectivity index (χ0v) is 9.14. The molecule has 6 heteroatoms. The summed E-state index contributed by atoms with van der Waals surface area (Å²) in [6, 6.07) is -0.0245. The number of ketones is 1. The van der Waals surface area contributed by atoms with Crippen molar-refractivity contribution in [1.82, 2.24) is 5.27 Å². The largest absolute Gasteiger partial charge is 0.862 e. The van der Waals surface area contributed by atoms with E-state index in [1.54, 1.807) is 0 Å². The maximum absolute atomic E-state index is 11.3. The first-order valence-electron chi connectivity index (χ1n) is 4.58. The van der Waals surface area contributed by atoms with Gasteiger partial charge in [0.25, 0.3) is 0 Å². The second-order valence-electron chi connectivity index (χ2n) is 3.45. The monoisotopic (exact) mass is 211 g/mol. The number of aromatic nitrogens is 2. The van der Waals surface area contributed by atoms with Gasteiger partial charge in [0.05, 0.1) is 0 Å². The molecule has 0 aliphatic heterocycles. The number of carbonyl (C=O) groups excluding carboxylic acids is 1. The van der Waals surface area contributed by atoms with E-state index in [-0.39, 0.29) is 23.4 Å². The molecule has 0 amide bonds. The molecule has 82 valence electrons. The van der Waals surface area contributed by atoms with Gasteiger partial charge in [0.2, 0.25) is 11.1 Å². The van der Waals surface area contributed by atoms with Gasteiger partial charge < -0.3 is 5.11 Å². The molecular weight excluding hydrogens is 198 g/mol. The Morgan fingerprint density at radius 3 is 2.53 bits per heavy atom. The molecule has 0 aliphatic carbocycles. The molecule has 0 fully saturated rings. The van der Waals surface area contributed by atoms with Gasteiger partial charge in [0.15, 0.2) is 6.04 Å². The molecule has 15 heavy (non-hydrogen) atoms. The van der Waals surface area contributed by atoms with E-state index in [0.29, 0.717) is 0 Å². The summed E-state index contributed by atoms with van der Waals surface area (Å²) in [7, 11) is 0. The van der Waals surface area contributed by atoms with E-state index in [0.717, 1.165) is 0 Å². The first-order chi connectivity index (χ1) is 6.93. The zero-order chi connectivity index (χ0) is 11.6. The number of aliphatic imine (C=N–C) groups is 1. The van der Waals surface area contributed by atoms with Crippen molar-refractivity contribution in [3.8, 4) is 0 Å². The Labute approximate surface area is 87.2 Å². The Balaban J connectivity index is 3.30. The zero-order valence-electron chi connectivity index (χ0n) is 9.14. The summed E-state index contributed by atoms with van der Waals surface area (Å²) in [6.07, 6.45) is 0. The summed E-state index contributed by atoms with van der Waals surface area (Å²) >= 11 is 0. The summed E-state index contributed by atoms with van der Waals surface area (Å²) < 4.78 is 6.24. The molecule has 0 saturated heterocycles. The molecule has 0 N–H and O–H groups in total. The summed E-state index contributed by atoms with van der Waals surface area (Å²) in [4.78, 5) is 14.9. The highest BCUT2D eigenvalue weighted by molar-refractivity contribution is 5.94. The molecule has 0 aromatic carbocycles. The standard InChI is InChI=1S/C9H13N3O3/c1-5(2)12-8(6(3)13)9(15-11-12)10-7(4)14/h5H,1-4H3. The maximum atomic E-state index is 11.3. The van der Waals surface area contributed by atoms with Crippen molar-refractivity contribution in [3.05, 3.63) is 5.69 Å². The van der Waals surface area contributed by atoms with Crippen LogP contribution in [0.1, 0.15) is 44.2 Å². The number of hydrogen-bond acceptors (Lipinski definition) is 5. The molecule has 1 rings (SSSR count). The van der Waals surface area contributed by atoms with Crippen molar-refractivity contribution in [2.24, 2.45) is 4.99 Å². The fraction of sp³-hybridized carbons (Fsp3) is 0.556. The van der Waals surface area contributed by atoms with Gasteiger partial charge in [-0.3, -0.25) is 9.32 Å². The minimum Gasteiger partial charge on any atom is -0.862 e. The fourth-order valence-corrected chi connectivity index (χ4v) is 1.15. The molecule has 0 bridgehead atoms. The van der Waals surface area contributed by atoms with Gasteiger partial charge in [-0.05, 0) is 17.5 Å². The predicted molar refractivity (Wildman–Crippen MR) is 49.9 cm³/mol. The Hall–Kier alpha value is -1.72. The highest BCUT2D eigenvalue weighted by Crippen LogP contribution is 2.16. The molecule has 6 nitrogen and oxygen atoms in total. The van der Waals surface area contributed by atoms with E-state index in [1.807, 2.05) is 13.8 Å². The molecule has 0 saturated carbocycles. The van der Waals surface area contributed by atoms with E-state index in [9.17, 15) is 9.90 Å². The van der Waals surface area contributed by atoms with Crippen LogP contribution in [0.2, 0.25) is 0 Å². The Kier molecular flexibility index (Phi) is 3.18. The summed E-state index contributed by atoms with van der Waals surface area (Å²) in [5.41, 5.74) is 0.222. The molecule has 0 aliphatic rings. The van der Waals surface area contributed by atoms with Crippen molar-refractivity contribution < 1.29 is 19.1 Å². The average molecular weight is 211 g/mol. The van der Waals surface area contributed by atoms with Gasteiger partial charge in [-0.1, -0.05) is 0 Å². The van der Waals surface area contributed by atoms with Crippen LogP contribution in [-0.2, 0) is 0 Å². The maximum Gasteiger partial charge on any atom is 0.342 e. The Morgan fingerprint density at radius 1 is 1.53 bits per heavy atom. The molecule has 1 heterocycles. The lowest BCUT2D eigenvalue weighted by atomic mass is 10.3. The lowest BCUT2D eigenvalue weighted by Gasteiger charge is -1.98. The molecule has 0 spiro atoms. The van der Waals surface area contributed by atoms with Gasteiger partial charge in [-0.2, -0.15) is 0 Å². The van der Waals surface area contributed by atoms with Crippen LogP contribution in [0.15, 0.2) is 9.52 Å². The molecule has 0 atom stereocenters. The molecule has 1 aromatic rings. The van der Waals surface area contributed by atoms with Crippen LogP contribution in [0.5, 0.6) is 0 Å². The number of hydrogen-bond donors (Lipinski definition) is 0. The van der Waals surface area contributed by atoms with E-state index in [1.165, 1.54) is 18.5 Å². The normalized spacial score (nSPS) is 12.2. The second-order valence-corrected chi connectivity index (χ2v) is 3.45. The number of Topliss-reactive ketones (excluding diaryl/α,β-unsaturated/α-hetero) is 1. The second kappa shape index (κ2) is 4.20. The minimum absolute atomic E-state index is 0.0244. The highest BCUT2D eigenvalue weighted by Gasteiger charge is 2.30. The first kappa shape index (κ1) is 11.4. The van der Waals surface area contributed by atoms with Crippen LogP contribution in [0.4, 0.5) is 5.88 Å². The lowest BCUT2D eigenvalue weighted by molar-refractivity contribution is -0.780. The Morgan fingerprint density at radius 2 is 2.13 bits per heavy atom. The van der Waals surface area contributed by atoms with Crippen LogP contribution < -0.4 is 9.79 Å². The first-order valence-corrected chi connectivity index (χ1v) is 4.58. The number of carbonyl (C=O) groups is 1. The average Bonchev–Trinajstić information content (AvgIpc) is 2.46. The van der Waals surface area contributed by atoms with Crippen LogP contribution >= 0.6 is 0 Å². The third-order valence-corrected chi connectivity index (χ3v) is 1.73. The SMILES string of the molecule is CC(=O)c1c(/N=C(/C)[O-])on[n+]1C(C)C. The van der Waals surface area contributed by atoms with E-state index >= 15 is 0 Å². The minimum atomic E-state index is -0.426. The van der Waals surface area contributed by atoms with Crippen LogP contribution in [0.25, 0.3) is 0 Å². The predicted octanol–water partition coefficient (Wildman–Crippen LogP) is 0.156. The fourth-order valence-electron chi connectivity index (χ4n) is 1.15. The van der Waals surface area contributed by atoms with Crippen molar-refractivity contribution in [2.45, 2.75) is 33.7 Å². The van der Waals surface area contributed by atoms with Crippen molar-refractivity contribution in [3.63, 3.8) is 0 Å². The van der Waals surface area contributed by atoms with Crippen molar-refractivity contribution in [1.29, 1.82) is 0 Å². The Bertz CT molecular complexity index is 403. The molecule has 0 unspecified atom stereocenters. The van der Waals surface area contributed by atoms with Gasteiger partial charge in [-0.25, -0.2) is 4.99 Å². The highest BCUT2D eigenvalue weighted by atomic mass is 16.5. The van der Waals surface area contributed by atoms with E-state index in [4.69, 9.17) is 4.52 Å². The van der Waals surface area contributed by atoms with Gasteiger partial charge in [-0.15, -0.1) is 0 Å². The van der Waals surface area contributed by atoms with Crippen molar-refractivity contribution >= 4 is 17.6 Å². The summed E-state index contributed by atoms with van der Waals surface area (Å²) in [5, 5.41) is 14.5. The lowest BCUT2D eigenvalue weighted by Crippen LogP contribution is -2.42. The quantitative estimate of drug-likeness (QED) is 0.308. The smallest absolute Gasteiger partial charge is 0.342 e. The van der Waals surface area contributed by atoms with Crippen LogP contribution in [0, 0.1) is 0 Å².